The first kappa shape index (κ1) is 16.7. The second-order valence-corrected chi connectivity index (χ2v) is 6.11. The molecule has 0 bridgehead atoms. The van der Waals surface area contributed by atoms with E-state index < -0.39 is 5.69 Å². The highest BCUT2D eigenvalue weighted by atomic mass is 16.5. The van der Waals surface area contributed by atoms with Crippen LogP contribution in [0.3, 0.4) is 0 Å². The van der Waals surface area contributed by atoms with Gasteiger partial charge >= 0.3 is 0 Å². The average molecular weight is 266 g/mol. The van der Waals surface area contributed by atoms with Crippen LogP contribution >= 0.6 is 0 Å². The number of aldehydes is 1. The lowest BCUT2D eigenvalue weighted by atomic mass is 9.78. The van der Waals surface area contributed by atoms with Crippen molar-refractivity contribution < 1.29 is 15.0 Å². The standard InChI is InChI=1S/C15H27BO3/c16-15(18,19)10-5-3-1-2-4-7-14(12-17)11-13-8-6-9-13/h12-14,18-19H,1-11H2. The van der Waals surface area contributed by atoms with Gasteiger partial charge in [-0.1, -0.05) is 44.9 Å². The van der Waals surface area contributed by atoms with Gasteiger partial charge in [-0.3, -0.25) is 0 Å². The van der Waals surface area contributed by atoms with E-state index in [0.29, 0.717) is 0 Å². The van der Waals surface area contributed by atoms with Crippen LogP contribution in [0.25, 0.3) is 0 Å². The van der Waals surface area contributed by atoms with Crippen LogP contribution < -0.4 is 0 Å². The molecule has 1 fully saturated rings. The molecule has 1 rings (SSSR count). The molecule has 2 radical (unpaired) electrons. The number of hydrogen-bond acceptors (Lipinski definition) is 3. The van der Waals surface area contributed by atoms with Crippen molar-refractivity contribution in [3.63, 3.8) is 0 Å². The Morgan fingerprint density at radius 1 is 1.16 bits per heavy atom. The number of unbranched alkanes of at least 4 members (excludes halogenated alkanes) is 4. The largest absolute Gasteiger partial charge is 0.375 e. The van der Waals surface area contributed by atoms with E-state index >= 15 is 0 Å². The molecule has 0 aliphatic heterocycles. The third-order valence-electron chi connectivity index (χ3n) is 4.17. The molecule has 2 N–H and O–H groups in total. The maximum Gasteiger partial charge on any atom is 0.153 e. The molecular weight excluding hydrogens is 239 g/mol. The van der Waals surface area contributed by atoms with E-state index in [9.17, 15) is 4.79 Å². The van der Waals surface area contributed by atoms with E-state index in [4.69, 9.17) is 18.1 Å². The molecule has 0 spiro atoms. The summed E-state index contributed by atoms with van der Waals surface area (Å²) in [6, 6.07) is 0. The first-order valence-electron chi connectivity index (χ1n) is 7.70. The third-order valence-corrected chi connectivity index (χ3v) is 4.17. The van der Waals surface area contributed by atoms with Gasteiger partial charge in [0.1, 0.15) is 12.0 Å². The van der Waals surface area contributed by atoms with Crippen molar-refractivity contribution in [3.05, 3.63) is 0 Å². The van der Waals surface area contributed by atoms with E-state index in [1.165, 1.54) is 19.3 Å². The molecule has 1 aliphatic carbocycles. The smallest absolute Gasteiger partial charge is 0.153 e. The minimum atomic E-state index is -2.01. The first-order valence-corrected chi connectivity index (χ1v) is 7.70. The molecule has 19 heavy (non-hydrogen) atoms. The molecule has 0 saturated heterocycles. The van der Waals surface area contributed by atoms with Crippen molar-refractivity contribution in [2.45, 2.75) is 76.3 Å². The fraction of sp³-hybridized carbons (Fsp3) is 0.933. The Hall–Kier alpha value is -0.345. The van der Waals surface area contributed by atoms with Gasteiger partial charge in [-0.25, -0.2) is 0 Å². The van der Waals surface area contributed by atoms with E-state index in [2.05, 4.69) is 0 Å². The maximum absolute atomic E-state index is 11.0. The SMILES string of the molecule is [B]C(O)(O)CCCCCCCC(C=O)CC1CCC1. The summed E-state index contributed by atoms with van der Waals surface area (Å²) in [7, 11) is 5.07. The van der Waals surface area contributed by atoms with Gasteiger partial charge in [0.25, 0.3) is 0 Å². The lowest BCUT2D eigenvalue weighted by Crippen LogP contribution is -2.27. The summed E-state index contributed by atoms with van der Waals surface area (Å²) in [4.78, 5) is 11.0. The molecule has 1 unspecified atom stereocenters. The number of rotatable bonds is 11. The van der Waals surface area contributed by atoms with Gasteiger partial charge in [-0.2, -0.15) is 0 Å². The lowest BCUT2D eigenvalue weighted by Gasteiger charge is -2.27. The zero-order valence-corrected chi connectivity index (χ0v) is 11.9. The summed E-state index contributed by atoms with van der Waals surface area (Å²) in [5.41, 5.74) is -2.01. The van der Waals surface area contributed by atoms with Crippen molar-refractivity contribution in [1.82, 2.24) is 0 Å². The molecule has 0 amide bonds. The van der Waals surface area contributed by atoms with Crippen LogP contribution in [-0.2, 0) is 4.79 Å². The number of hydrogen-bond donors (Lipinski definition) is 2. The third kappa shape index (κ3) is 8.43. The lowest BCUT2D eigenvalue weighted by molar-refractivity contribution is -0.112. The fourth-order valence-corrected chi connectivity index (χ4v) is 2.72. The number of carbonyl (C=O) groups excluding carboxylic acids is 1. The Bertz CT molecular complexity index is 246. The first-order chi connectivity index (χ1) is 9.01. The highest BCUT2D eigenvalue weighted by molar-refractivity contribution is 6.12. The normalized spacial score (nSPS) is 18.0. The molecule has 1 aliphatic rings. The maximum atomic E-state index is 11.0. The second kappa shape index (κ2) is 8.75. The van der Waals surface area contributed by atoms with Gasteiger partial charge in [0.2, 0.25) is 0 Å². The van der Waals surface area contributed by atoms with Crippen LogP contribution in [0.2, 0.25) is 0 Å². The summed E-state index contributed by atoms with van der Waals surface area (Å²) in [6.45, 7) is 0. The summed E-state index contributed by atoms with van der Waals surface area (Å²) < 4.78 is 0. The van der Waals surface area contributed by atoms with Gasteiger partial charge in [0.05, 0.1) is 0 Å². The topological polar surface area (TPSA) is 57.5 Å². The van der Waals surface area contributed by atoms with Crippen molar-refractivity contribution in [2.24, 2.45) is 11.8 Å². The highest BCUT2D eigenvalue weighted by Gasteiger charge is 2.21. The van der Waals surface area contributed by atoms with Crippen LogP contribution in [0, 0.1) is 11.8 Å². The minimum Gasteiger partial charge on any atom is -0.375 e. The minimum absolute atomic E-state index is 0.228. The average Bonchev–Trinajstić information content (AvgIpc) is 2.28. The Labute approximate surface area is 118 Å². The van der Waals surface area contributed by atoms with Gasteiger partial charge in [-0.05, 0) is 31.6 Å². The molecule has 1 atom stereocenters. The van der Waals surface area contributed by atoms with Crippen LogP contribution in [0.15, 0.2) is 0 Å². The van der Waals surface area contributed by atoms with Gasteiger partial charge in [0.15, 0.2) is 7.85 Å². The van der Waals surface area contributed by atoms with Gasteiger partial charge in [0, 0.05) is 5.92 Å². The predicted molar refractivity (Wildman–Crippen MR) is 76.8 cm³/mol. The van der Waals surface area contributed by atoms with Gasteiger partial charge in [-0.15, -0.1) is 0 Å². The van der Waals surface area contributed by atoms with Crippen LogP contribution in [-0.4, -0.2) is 30.0 Å². The van der Waals surface area contributed by atoms with Crippen LogP contribution in [0.1, 0.15) is 70.6 Å². The quantitative estimate of drug-likeness (QED) is 0.261. The van der Waals surface area contributed by atoms with E-state index in [0.717, 1.165) is 57.1 Å². The second-order valence-electron chi connectivity index (χ2n) is 6.11. The van der Waals surface area contributed by atoms with Crippen molar-refractivity contribution in [1.29, 1.82) is 0 Å². The molecule has 4 heteroatoms. The summed E-state index contributed by atoms with van der Waals surface area (Å²) in [5, 5.41) is 17.9. The fourth-order valence-electron chi connectivity index (χ4n) is 2.72. The number of carbonyl (C=O) groups is 1. The highest BCUT2D eigenvalue weighted by Crippen LogP contribution is 2.33. The number of aliphatic hydroxyl groups is 2. The van der Waals surface area contributed by atoms with E-state index in [1.54, 1.807) is 0 Å². The Kier molecular flexibility index (Phi) is 7.70. The predicted octanol–water partition coefficient (Wildman–Crippen LogP) is 2.53. The molecule has 0 aromatic rings. The van der Waals surface area contributed by atoms with Gasteiger partial charge < -0.3 is 15.0 Å². The summed E-state index contributed by atoms with van der Waals surface area (Å²) >= 11 is 0. The van der Waals surface area contributed by atoms with Crippen molar-refractivity contribution >= 4 is 14.1 Å². The zero-order valence-electron chi connectivity index (χ0n) is 11.9. The zero-order chi connectivity index (χ0) is 14.1. The van der Waals surface area contributed by atoms with Crippen molar-refractivity contribution in [3.8, 4) is 0 Å². The van der Waals surface area contributed by atoms with E-state index in [-0.39, 0.29) is 12.3 Å². The molecule has 1 saturated carbocycles. The van der Waals surface area contributed by atoms with E-state index in [1.807, 2.05) is 0 Å². The Morgan fingerprint density at radius 3 is 2.32 bits per heavy atom. The van der Waals surface area contributed by atoms with Crippen molar-refractivity contribution in [2.75, 3.05) is 0 Å². The van der Waals surface area contributed by atoms with Crippen LogP contribution in [0.5, 0.6) is 0 Å². The Balaban J connectivity index is 1.92. The Morgan fingerprint density at radius 2 is 1.79 bits per heavy atom. The summed E-state index contributed by atoms with van der Waals surface area (Å²) in [5.74, 6) is 1.07. The van der Waals surface area contributed by atoms with Crippen LogP contribution in [0.4, 0.5) is 0 Å². The monoisotopic (exact) mass is 266 g/mol. The molecule has 3 nitrogen and oxygen atoms in total. The molecular formula is C15H27BO3. The molecule has 0 heterocycles. The molecule has 0 aromatic carbocycles. The molecule has 0 aromatic heterocycles. The molecule has 108 valence electrons. The summed E-state index contributed by atoms with van der Waals surface area (Å²) in [6.07, 6.45) is 12.4.